The summed E-state index contributed by atoms with van der Waals surface area (Å²) in [6, 6.07) is 16.0. The molecule has 4 nitrogen and oxygen atoms in total. The van der Waals surface area contributed by atoms with Gasteiger partial charge in [0.15, 0.2) is 0 Å². The summed E-state index contributed by atoms with van der Waals surface area (Å²) >= 11 is 3.58. The second kappa shape index (κ2) is 4.56. The van der Waals surface area contributed by atoms with Crippen molar-refractivity contribution in [2.75, 3.05) is 5.73 Å². The number of hydrogen-bond acceptors (Lipinski definition) is 3. The molecule has 0 aliphatic rings. The molecule has 2 heterocycles. The fourth-order valence-corrected chi connectivity index (χ4v) is 3.06. The Bertz CT molecular complexity index is 975. The Morgan fingerprint density at radius 1 is 0.952 bits per heavy atom. The number of rotatable bonds is 1. The van der Waals surface area contributed by atoms with Crippen LogP contribution in [0.4, 0.5) is 5.95 Å². The van der Waals surface area contributed by atoms with Gasteiger partial charge in [0, 0.05) is 9.86 Å². The third-order valence-corrected chi connectivity index (χ3v) is 4.18. The number of fused-ring (bicyclic) bond motifs is 3. The largest absolute Gasteiger partial charge is 0.369 e. The van der Waals surface area contributed by atoms with E-state index in [1.54, 1.807) is 6.20 Å². The van der Waals surface area contributed by atoms with Gasteiger partial charge in [-0.3, -0.25) is 9.55 Å². The highest BCUT2D eigenvalue weighted by Crippen LogP contribution is 2.31. The molecule has 0 fully saturated rings. The van der Waals surface area contributed by atoms with E-state index in [1.807, 2.05) is 53.1 Å². The molecule has 2 aromatic heterocycles. The fourth-order valence-electron chi connectivity index (χ4n) is 2.60. The quantitative estimate of drug-likeness (QED) is 0.572. The fraction of sp³-hybridized carbons (Fsp3) is 0. The molecule has 21 heavy (non-hydrogen) atoms. The number of nitrogen functional groups attached to an aromatic ring is 1. The molecule has 0 aliphatic carbocycles. The average Bonchev–Trinajstić information content (AvgIpc) is 2.84. The molecule has 5 heteroatoms. The molecule has 0 bridgehead atoms. The van der Waals surface area contributed by atoms with E-state index in [1.165, 1.54) is 0 Å². The lowest BCUT2D eigenvalue weighted by atomic mass is 10.2. The number of nitrogens with zero attached hydrogens (tertiary/aromatic N) is 3. The second-order valence-electron chi connectivity index (χ2n) is 4.77. The van der Waals surface area contributed by atoms with Crippen LogP contribution in [0.2, 0.25) is 0 Å². The van der Waals surface area contributed by atoms with Crippen molar-refractivity contribution < 1.29 is 0 Å². The van der Waals surface area contributed by atoms with Crippen molar-refractivity contribution in [1.29, 1.82) is 0 Å². The van der Waals surface area contributed by atoms with Gasteiger partial charge in [-0.1, -0.05) is 30.3 Å². The van der Waals surface area contributed by atoms with Crippen molar-refractivity contribution in [3.05, 3.63) is 59.2 Å². The lowest BCUT2D eigenvalue weighted by molar-refractivity contribution is 1.10. The van der Waals surface area contributed by atoms with Gasteiger partial charge in [-0.05, 0) is 34.1 Å². The minimum atomic E-state index is 0.454. The van der Waals surface area contributed by atoms with Crippen LogP contribution in [0.5, 0.6) is 0 Å². The molecule has 102 valence electrons. The van der Waals surface area contributed by atoms with E-state index in [0.29, 0.717) is 5.95 Å². The van der Waals surface area contributed by atoms with Gasteiger partial charge in [0.1, 0.15) is 5.52 Å². The third-order valence-electron chi connectivity index (χ3n) is 3.51. The number of anilines is 1. The Kier molecular flexibility index (Phi) is 2.68. The highest BCUT2D eigenvalue weighted by molar-refractivity contribution is 9.10. The van der Waals surface area contributed by atoms with Crippen LogP contribution < -0.4 is 5.73 Å². The lowest BCUT2D eigenvalue weighted by Crippen LogP contribution is -2.01. The predicted octanol–water partition coefficient (Wildman–Crippen LogP) is 3.92. The Labute approximate surface area is 129 Å². The molecule has 2 N–H and O–H groups in total. The van der Waals surface area contributed by atoms with E-state index in [-0.39, 0.29) is 0 Å². The summed E-state index contributed by atoms with van der Waals surface area (Å²) in [6.07, 6.45) is 1.77. The topological polar surface area (TPSA) is 56.7 Å². The molecule has 2 aromatic carbocycles. The molecule has 0 radical (unpaired) electrons. The Morgan fingerprint density at radius 2 is 1.71 bits per heavy atom. The molecule has 0 unspecified atom stereocenters. The van der Waals surface area contributed by atoms with Crippen molar-refractivity contribution in [3.8, 4) is 5.69 Å². The number of hydrogen-bond donors (Lipinski definition) is 1. The van der Waals surface area contributed by atoms with Gasteiger partial charge in [-0.25, -0.2) is 4.98 Å². The van der Waals surface area contributed by atoms with Gasteiger partial charge in [0.2, 0.25) is 5.95 Å². The van der Waals surface area contributed by atoms with Crippen LogP contribution in [-0.4, -0.2) is 14.5 Å². The molecule has 0 aliphatic heterocycles. The Hall–Kier alpha value is -2.40. The van der Waals surface area contributed by atoms with Crippen LogP contribution in [0.1, 0.15) is 0 Å². The SMILES string of the molecule is Nc1nc2cnc3ccccc3c2n1-c1ccccc1Br. The number of pyridine rings is 1. The van der Waals surface area contributed by atoms with E-state index in [0.717, 1.165) is 32.1 Å². The van der Waals surface area contributed by atoms with Crippen molar-refractivity contribution in [2.24, 2.45) is 0 Å². The summed E-state index contributed by atoms with van der Waals surface area (Å²) in [5.74, 6) is 0.454. The molecule has 0 atom stereocenters. The monoisotopic (exact) mass is 338 g/mol. The molecule has 4 rings (SSSR count). The van der Waals surface area contributed by atoms with Crippen molar-refractivity contribution in [3.63, 3.8) is 0 Å². The molecule has 0 spiro atoms. The first-order valence-electron chi connectivity index (χ1n) is 6.52. The summed E-state index contributed by atoms with van der Waals surface area (Å²) in [7, 11) is 0. The molecule has 4 aromatic rings. The molecule has 0 amide bonds. The minimum Gasteiger partial charge on any atom is -0.369 e. The van der Waals surface area contributed by atoms with Crippen LogP contribution in [0.15, 0.2) is 59.2 Å². The second-order valence-corrected chi connectivity index (χ2v) is 5.62. The first kappa shape index (κ1) is 12.3. The summed E-state index contributed by atoms with van der Waals surface area (Å²) < 4.78 is 2.93. The van der Waals surface area contributed by atoms with Crippen molar-refractivity contribution in [2.45, 2.75) is 0 Å². The van der Waals surface area contributed by atoms with Crippen LogP contribution in [0.3, 0.4) is 0 Å². The summed E-state index contributed by atoms with van der Waals surface area (Å²) in [4.78, 5) is 8.87. The van der Waals surface area contributed by atoms with Crippen LogP contribution in [0.25, 0.3) is 27.6 Å². The summed E-state index contributed by atoms with van der Waals surface area (Å²) in [5, 5.41) is 1.04. The van der Waals surface area contributed by atoms with E-state index in [4.69, 9.17) is 5.73 Å². The van der Waals surface area contributed by atoms with Gasteiger partial charge >= 0.3 is 0 Å². The number of halogens is 1. The molecular weight excluding hydrogens is 328 g/mol. The maximum Gasteiger partial charge on any atom is 0.206 e. The zero-order valence-corrected chi connectivity index (χ0v) is 12.6. The summed E-state index contributed by atoms with van der Waals surface area (Å²) in [6.45, 7) is 0. The van der Waals surface area contributed by atoms with Crippen LogP contribution in [0, 0.1) is 0 Å². The summed E-state index contributed by atoms with van der Waals surface area (Å²) in [5.41, 5.74) is 9.81. The highest BCUT2D eigenvalue weighted by Gasteiger charge is 2.15. The Balaban J connectivity index is 2.21. The highest BCUT2D eigenvalue weighted by atomic mass is 79.9. The lowest BCUT2D eigenvalue weighted by Gasteiger charge is -2.10. The molecule has 0 saturated heterocycles. The van der Waals surface area contributed by atoms with Crippen molar-refractivity contribution in [1.82, 2.24) is 14.5 Å². The van der Waals surface area contributed by atoms with E-state index < -0.39 is 0 Å². The van der Waals surface area contributed by atoms with Gasteiger partial charge in [0.05, 0.1) is 22.9 Å². The van der Waals surface area contributed by atoms with Crippen LogP contribution >= 0.6 is 15.9 Å². The Morgan fingerprint density at radius 3 is 2.57 bits per heavy atom. The van der Waals surface area contributed by atoms with E-state index in [2.05, 4.69) is 25.9 Å². The van der Waals surface area contributed by atoms with Crippen LogP contribution in [-0.2, 0) is 0 Å². The molecule has 0 saturated carbocycles. The zero-order valence-electron chi connectivity index (χ0n) is 11.0. The first-order valence-corrected chi connectivity index (χ1v) is 7.31. The number of imidazole rings is 1. The minimum absolute atomic E-state index is 0.454. The normalized spacial score (nSPS) is 11.3. The maximum absolute atomic E-state index is 6.15. The smallest absolute Gasteiger partial charge is 0.206 e. The van der Waals surface area contributed by atoms with E-state index in [9.17, 15) is 0 Å². The maximum atomic E-state index is 6.15. The average molecular weight is 339 g/mol. The van der Waals surface area contributed by atoms with Gasteiger partial charge in [-0.15, -0.1) is 0 Å². The standard InChI is InChI=1S/C16H11BrN4/c17-11-6-2-4-8-14(11)21-15-10-5-1-3-7-12(10)19-9-13(15)20-16(21)18/h1-9H,(H2,18,20). The van der Waals surface area contributed by atoms with E-state index >= 15 is 0 Å². The number of para-hydroxylation sites is 2. The third kappa shape index (κ3) is 1.81. The zero-order chi connectivity index (χ0) is 14.4. The van der Waals surface area contributed by atoms with Crippen molar-refractivity contribution >= 4 is 43.8 Å². The molecular formula is C16H11BrN4. The number of aromatic nitrogens is 3. The number of nitrogens with two attached hydrogens (primary N) is 1. The van der Waals surface area contributed by atoms with Gasteiger partial charge < -0.3 is 5.73 Å². The number of benzene rings is 2. The first-order chi connectivity index (χ1) is 10.3. The predicted molar refractivity (Wildman–Crippen MR) is 88.5 cm³/mol. The van der Waals surface area contributed by atoms with Gasteiger partial charge in [-0.2, -0.15) is 0 Å². The van der Waals surface area contributed by atoms with Gasteiger partial charge in [0.25, 0.3) is 0 Å².